The van der Waals surface area contributed by atoms with Crippen LogP contribution in [0.15, 0.2) is 36.4 Å². The second-order valence-electron chi connectivity index (χ2n) is 7.03. The lowest BCUT2D eigenvalue weighted by atomic mass is 10.1. The van der Waals surface area contributed by atoms with Gasteiger partial charge in [0.2, 0.25) is 5.91 Å². The van der Waals surface area contributed by atoms with Crippen LogP contribution >= 0.6 is 23.2 Å². The molecule has 9 heteroatoms. The number of nitrogens with zero attached hydrogens (tertiary/aromatic N) is 1. The largest absolute Gasteiger partial charge is 0.496 e. The summed E-state index contributed by atoms with van der Waals surface area (Å²) in [5.74, 6) is 0.777. The number of benzene rings is 2. The second kappa shape index (κ2) is 12.4. The number of carbonyl (C=O) groups excluding carboxylic acids is 2. The van der Waals surface area contributed by atoms with Crippen molar-refractivity contribution in [2.75, 3.05) is 27.4 Å². The van der Waals surface area contributed by atoms with Crippen LogP contribution in [0.5, 0.6) is 17.2 Å². The zero-order valence-corrected chi connectivity index (χ0v) is 20.1. The summed E-state index contributed by atoms with van der Waals surface area (Å²) >= 11 is 12.6. The lowest BCUT2D eigenvalue weighted by Crippen LogP contribution is -2.49. The molecular weight excluding hydrogens is 455 g/mol. The van der Waals surface area contributed by atoms with Gasteiger partial charge < -0.3 is 24.4 Å². The minimum Gasteiger partial charge on any atom is -0.496 e. The average molecular weight is 483 g/mol. The molecule has 0 radical (unpaired) electrons. The monoisotopic (exact) mass is 482 g/mol. The standard InChI is InChI=1S/C23H28Cl2N2O5/c1-5-9-26-23(29)15(2)27(13-19-20(24)7-6-8-21(19)25)22(28)14-32-18-11-16(30-3)10-17(12-18)31-4/h6-8,10-12,15H,5,9,13-14H2,1-4H3,(H,26,29)/t15-/m1/s1. The molecule has 174 valence electrons. The summed E-state index contributed by atoms with van der Waals surface area (Å²) in [6.45, 7) is 3.88. The van der Waals surface area contributed by atoms with Crippen LogP contribution in [0.2, 0.25) is 10.0 Å². The van der Waals surface area contributed by atoms with E-state index in [1.807, 2.05) is 6.92 Å². The molecule has 1 atom stereocenters. The highest BCUT2D eigenvalue weighted by molar-refractivity contribution is 6.36. The van der Waals surface area contributed by atoms with Gasteiger partial charge in [-0.2, -0.15) is 0 Å². The number of hydrogen-bond acceptors (Lipinski definition) is 5. The molecule has 0 saturated carbocycles. The molecule has 0 fully saturated rings. The van der Waals surface area contributed by atoms with Gasteiger partial charge in [0.25, 0.3) is 5.91 Å². The van der Waals surface area contributed by atoms with E-state index < -0.39 is 11.9 Å². The van der Waals surface area contributed by atoms with Crippen molar-refractivity contribution in [3.63, 3.8) is 0 Å². The van der Waals surface area contributed by atoms with E-state index in [4.69, 9.17) is 37.4 Å². The van der Waals surface area contributed by atoms with Crippen LogP contribution in [0.4, 0.5) is 0 Å². The molecule has 0 saturated heterocycles. The van der Waals surface area contributed by atoms with Crippen molar-refractivity contribution in [3.8, 4) is 17.2 Å². The Morgan fingerprint density at radius 3 is 2.12 bits per heavy atom. The fourth-order valence-corrected chi connectivity index (χ4v) is 3.44. The first kappa shape index (κ1) is 25.6. The Morgan fingerprint density at radius 1 is 1.03 bits per heavy atom. The van der Waals surface area contributed by atoms with Crippen molar-refractivity contribution in [3.05, 3.63) is 52.0 Å². The van der Waals surface area contributed by atoms with Gasteiger partial charge >= 0.3 is 0 Å². The summed E-state index contributed by atoms with van der Waals surface area (Å²) in [4.78, 5) is 27.1. The summed E-state index contributed by atoms with van der Waals surface area (Å²) in [6, 6.07) is 9.31. The van der Waals surface area contributed by atoms with Gasteiger partial charge in [0.1, 0.15) is 23.3 Å². The summed E-state index contributed by atoms with van der Waals surface area (Å²) in [6.07, 6.45) is 0.781. The van der Waals surface area contributed by atoms with Crippen molar-refractivity contribution in [1.29, 1.82) is 0 Å². The zero-order valence-electron chi connectivity index (χ0n) is 18.6. The number of rotatable bonds is 11. The molecule has 2 aromatic rings. The van der Waals surface area contributed by atoms with E-state index in [0.717, 1.165) is 6.42 Å². The molecule has 7 nitrogen and oxygen atoms in total. The maximum Gasteiger partial charge on any atom is 0.261 e. The number of ether oxygens (including phenoxy) is 3. The molecule has 0 aliphatic heterocycles. The van der Waals surface area contributed by atoms with Gasteiger partial charge in [0.15, 0.2) is 6.61 Å². The van der Waals surface area contributed by atoms with Crippen LogP contribution < -0.4 is 19.5 Å². The Hall–Kier alpha value is -2.64. The first-order valence-corrected chi connectivity index (χ1v) is 10.9. The van der Waals surface area contributed by atoms with Crippen LogP contribution in [-0.4, -0.2) is 50.1 Å². The molecule has 0 aliphatic rings. The Kier molecular flexibility index (Phi) is 9.94. The zero-order chi connectivity index (χ0) is 23.7. The Balaban J connectivity index is 2.24. The molecule has 0 aliphatic carbocycles. The summed E-state index contributed by atoms with van der Waals surface area (Å²) < 4.78 is 16.1. The van der Waals surface area contributed by atoms with E-state index in [2.05, 4.69) is 5.32 Å². The molecule has 2 rings (SSSR count). The highest BCUT2D eigenvalue weighted by Crippen LogP contribution is 2.28. The van der Waals surface area contributed by atoms with Crippen molar-refractivity contribution in [2.45, 2.75) is 32.9 Å². The molecule has 0 unspecified atom stereocenters. The third-order valence-electron chi connectivity index (χ3n) is 4.79. The molecular formula is C23H28Cl2N2O5. The van der Waals surface area contributed by atoms with E-state index in [1.165, 1.54) is 19.1 Å². The van der Waals surface area contributed by atoms with Gasteiger partial charge in [-0.1, -0.05) is 36.2 Å². The van der Waals surface area contributed by atoms with Crippen LogP contribution in [0.1, 0.15) is 25.8 Å². The third-order valence-corrected chi connectivity index (χ3v) is 5.50. The number of nitrogens with one attached hydrogen (secondary N) is 1. The topological polar surface area (TPSA) is 77.1 Å². The van der Waals surface area contributed by atoms with Gasteiger partial charge in [0, 0.05) is 46.9 Å². The first-order chi connectivity index (χ1) is 15.3. The number of carbonyl (C=O) groups is 2. The van der Waals surface area contributed by atoms with Gasteiger partial charge in [0.05, 0.1) is 14.2 Å². The van der Waals surface area contributed by atoms with Crippen molar-refractivity contribution in [2.24, 2.45) is 0 Å². The Labute approximate surface area is 198 Å². The Bertz CT molecular complexity index is 896. The lowest BCUT2D eigenvalue weighted by Gasteiger charge is -2.29. The van der Waals surface area contributed by atoms with E-state index >= 15 is 0 Å². The predicted octanol–water partition coefficient (Wildman–Crippen LogP) is 4.33. The molecule has 0 bridgehead atoms. The fraction of sp³-hybridized carbons (Fsp3) is 0.391. The normalized spacial score (nSPS) is 11.4. The quantitative estimate of drug-likeness (QED) is 0.515. The summed E-state index contributed by atoms with van der Waals surface area (Å²) in [7, 11) is 3.05. The van der Waals surface area contributed by atoms with E-state index in [0.29, 0.717) is 39.4 Å². The number of halogens is 2. The predicted molar refractivity (Wildman–Crippen MR) is 125 cm³/mol. The lowest BCUT2D eigenvalue weighted by molar-refractivity contribution is -0.142. The molecule has 0 heterocycles. The molecule has 2 aromatic carbocycles. The van der Waals surface area contributed by atoms with E-state index in [1.54, 1.807) is 43.3 Å². The maximum atomic E-state index is 13.1. The van der Waals surface area contributed by atoms with Gasteiger partial charge in [-0.3, -0.25) is 9.59 Å². The summed E-state index contributed by atoms with van der Waals surface area (Å²) in [5.41, 5.74) is 0.558. The number of methoxy groups -OCH3 is 2. The van der Waals surface area contributed by atoms with Crippen LogP contribution in [-0.2, 0) is 16.1 Å². The van der Waals surface area contributed by atoms with E-state index in [-0.39, 0.29) is 19.1 Å². The second-order valence-corrected chi connectivity index (χ2v) is 7.84. The van der Waals surface area contributed by atoms with E-state index in [9.17, 15) is 9.59 Å². The highest BCUT2D eigenvalue weighted by atomic mass is 35.5. The van der Waals surface area contributed by atoms with Crippen LogP contribution in [0, 0.1) is 0 Å². The summed E-state index contributed by atoms with van der Waals surface area (Å²) in [5, 5.41) is 3.64. The van der Waals surface area contributed by atoms with Gasteiger partial charge in [-0.25, -0.2) is 0 Å². The first-order valence-electron chi connectivity index (χ1n) is 10.2. The SMILES string of the molecule is CCCNC(=O)[C@@H](C)N(Cc1c(Cl)cccc1Cl)C(=O)COc1cc(OC)cc(OC)c1. The van der Waals surface area contributed by atoms with Gasteiger partial charge in [-0.15, -0.1) is 0 Å². The maximum absolute atomic E-state index is 13.1. The minimum absolute atomic E-state index is 0.0584. The van der Waals surface area contributed by atoms with Gasteiger partial charge in [-0.05, 0) is 25.5 Å². The molecule has 32 heavy (non-hydrogen) atoms. The smallest absolute Gasteiger partial charge is 0.261 e. The van der Waals surface area contributed by atoms with Crippen LogP contribution in [0.25, 0.3) is 0 Å². The van der Waals surface area contributed by atoms with Crippen molar-refractivity contribution < 1.29 is 23.8 Å². The molecule has 0 aromatic heterocycles. The molecule has 0 spiro atoms. The minimum atomic E-state index is -0.759. The third kappa shape index (κ3) is 6.93. The fourth-order valence-electron chi connectivity index (χ4n) is 2.92. The Morgan fingerprint density at radius 2 is 1.59 bits per heavy atom. The van der Waals surface area contributed by atoms with Crippen molar-refractivity contribution in [1.82, 2.24) is 10.2 Å². The number of hydrogen-bond donors (Lipinski definition) is 1. The highest BCUT2D eigenvalue weighted by Gasteiger charge is 2.27. The van der Waals surface area contributed by atoms with Crippen LogP contribution in [0.3, 0.4) is 0 Å². The number of amides is 2. The van der Waals surface area contributed by atoms with Crippen molar-refractivity contribution >= 4 is 35.0 Å². The molecule has 2 amide bonds. The molecule has 1 N–H and O–H groups in total. The average Bonchev–Trinajstić information content (AvgIpc) is 2.80.